The van der Waals surface area contributed by atoms with Gasteiger partial charge in [0, 0.05) is 6.20 Å². The third-order valence-corrected chi connectivity index (χ3v) is 3.22. The molecular formula is C15H21N3. The molecule has 1 heterocycles. The van der Waals surface area contributed by atoms with Crippen LogP contribution in [0.25, 0.3) is 0 Å². The summed E-state index contributed by atoms with van der Waals surface area (Å²) < 4.78 is 2.04. The predicted molar refractivity (Wildman–Crippen MR) is 74.5 cm³/mol. The molecule has 0 saturated heterocycles. The molecule has 1 N–H and O–H groups in total. The molecule has 96 valence electrons. The molecule has 3 heteroatoms. The second-order valence-electron chi connectivity index (χ2n) is 4.62. The van der Waals surface area contributed by atoms with Crippen LogP contribution >= 0.6 is 0 Å². The molecule has 1 aromatic heterocycles. The van der Waals surface area contributed by atoms with Gasteiger partial charge in [-0.2, -0.15) is 5.10 Å². The van der Waals surface area contributed by atoms with Gasteiger partial charge in [-0.25, -0.2) is 0 Å². The topological polar surface area (TPSA) is 29.9 Å². The quantitative estimate of drug-likeness (QED) is 0.874. The Labute approximate surface area is 109 Å². The lowest BCUT2D eigenvalue weighted by Gasteiger charge is -2.25. The molecule has 0 aliphatic carbocycles. The van der Waals surface area contributed by atoms with E-state index in [0.717, 1.165) is 12.2 Å². The van der Waals surface area contributed by atoms with Crippen LogP contribution in [-0.2, 0) is 0 Å². The maximum atomic E-state index is 4.52. The van der Waals surface area contributed by atoms with Crippen LogP contribution in [0.15, 0.2) is 42.6 Å². The molecule has 0 bridgehead atoms. The third-order valence-electron chi connectivity index (χ3n) is 3.22. The summed E-state index contributed by atoms with van der Waals surface area (Å²) in [5, 5.41) is 8.06. The van der Waals surface area contributed by atoms with Gasteiger partial charge in [0.15, 0.2) is 0 Å². The Kier molecular flexibility index (Phi) is 4.15. The van der Waals surface area contributed by atoms with E-state index in [0.29, 0.717) is 6.04 Å². The summed E-state index contributed by atoms with van der Waals surface area (Å²) in [6.45, 7) is 7.31. The molecule has 2 rings (SSSR count). The summed E-state index contributed by atoms with van der Waals surface area (Å²) in [6, 6.07) is 13.2. The highest BCUT2D eigenvalue weighted by molar-refractivity contribution is 5.20. The molecular weight excluding hydrogens is 222 g/mol. The van der Waals surface area contributed by atoms with Crippen molar-refractivity contribution in [1.29, 1.82) is 0 Å². The van der Waals surface area contributed by atoms with Crippen molar-refractivity contribution in [2.75, 3.05) is 6.54 Å². The zero-order chi connectivity index (χ0) is 13.0. The highest BCUT2D eigenvalue weighted by atomic mass is 15.3. The number of benzene rings is 1. The molecule has 1 aromatic carbocycles. The molecule has 0 aliphatic rings. The summed E-state index contributed by atoms with van der Waals surface area (Å²) in [6.07, 6.45) is 2.05. The van der Waals surface area contributed by atoms with Gasteiger partial charge >= 0.3 is 0 Å². The Morgan fingerprint density at radius 2 is 1.94 bits per heavy atom. The van der Waals surface area contributed by atoms with Crippen LogP contribution in [0.4, 0.5) is 0 Å². The van der Waals surface area contributed by atoms with Gasteiger partial charge in [-0.1, -0.05) is 37.3 Å². The zero-order valence-corrected chi connectivity index (χ0v) is 11.3. The van der Waals surface area contributed by atoms with E-state index in [4.69, 9.17) is 0 Å². The minimum atomic E-state index is 0.288. The summed E-state index contributed by atoms with van der Waals surface area (Å²) in [5.74, 6) is 0. The van der Waals surface area contributed by atoms with Crippen molar-refractivity contribution >= 4 is 0 Å². The van der Waals surface area contributed by atoms with Gasteiger partial charge in [0.25, 0.3) is 0 Å². The minimum absolute atomic E-state index is 0.288. The van der Waals surface area contributed by atoms with Crippen molar-refractivity contribution in [3.8, 4) is 0 Å². The molecule has 2 aromatic rings. The SMILES string of the molecule is CCNC(c1ccccc1)C(C)n1ccc(C)n1. The van der Waals surface area contributed by atoms with Crippen molar-refractivity contribution < 1.29 is 0 Å². The van der Waals surface area contributed by atoms with Crippen LogP contribution in [0.1, 0.15) is 37.2 Å². The fourth-order valence-corrected chi connectivity index (χ4v) is 2.26. The summed E-state index contributed by atoms with van der Waals surface area (Å²) in [7, 11) is 0. The van der Waals surface area contributed by atoms with E-state index in [2.05, 4.69) is 54.6 Å². The average molecular weight is 243 g/mol. The molecule has 0 fully saturated rings. The molecule has 0 saturated carbocycles. The van der Waals surface area contributed by atoms with E-state index < -0.39 is 0 Å². The van der Waals surface area contributed by atoms with Gasteiger partial charge in [-0.3, -0.25) is 4.68 Å². The largest absolute Gasteiger partial charge is 0.308 e. The van der Waals surface area contributed by atoms with Gasteiger partial charge < -0.3 is 5.32 Å². The van der Waals surface area contributed by atoms with E-state index in [1.165, 1.54) is 5.56 Å². The van der Waals surface area contributed by atoms with Crippen molar-refractivity contribution in [2.45, 2.75) is 32.9 Å². The van der Waals surface area contributed by atoms with Gasteiger partial charge in [0.2, 0.25) is 0 Å². The van der Waals surface area contributed by atoms with E-state index >= 15 is 0 Å². The molecule has 0 spiro atoms. The lowest BCUT2D eigenvalue weighted by Crippen LogP contribution is -2.29. The Hall–Kier alpha value is -1.61. The van der Waals surface area contributed by atoms with E-state index in [1.807, 2.05) is 23.9 Å². The first kappa shape index (κ1) is 12.8. The number of hydrogen-bond donors (Lipinski definition) is 1. The highest BCUT2D eigenvalue weighted by Gasteiger charge is 2.20. The zero-order valence-electron chi connectivity index (χ0n) is 11.3. The number of rotatable bonds is 5. The van der Waals surface area contributed by atoms with Crippen LogP contribution in [0.5, 0.6) is 0 Å². The molecule has 2 atom stereocenters. The van der Waals surface area contributed by atoms with Crippen LogP contribution in [0.2, 0.25) is 0 Å². The molecule has 0 aliphatic heterocycles. The lowest BCUT2D eigenvalue weighted by atomic mass is 10.0. The van der Waals surface area contributed by atoms with Crippen molar-refractivity contribution in [2.24, 2.45) is 0 Å². The number of nitrogens with zero attached hydrogens (tertiary/aromatic N) is 2. The van der Waals surface area contributed by atoms with Crippen LogP contribution < -0.4 is 5.32 Å². The van der Waals surface area contributed by atoms with Crippen molar-refractivity contribution in [3.05, 3.63) is 53.9 Å². The number of likely N-dealkylation sites (N-methyl/N-ethyl adjacent to an activating group) is 1. The van der Waals surface area contributed by atoms with Crippen LogP contribution in [0, 0.1) is 6.92 Å². The lowest BCUT2D eigenvalue weighted by molar-refractivity contribution is 0.358. The summed E-state index contributed by atoms with van der Waals surface area (Å²) in [4.78, 5) is 0. The fraction of sp³-hybridized carbons (Fsp3) is 0.400. The Morgan fingerprint density at radius 1 is 1.22 bits per heavy atom. The maximum Gasteiger partial charge on any atom is 0.0685 e. The Balaban J connectivity index is 2.25. The second-order valence-corrected chi connectivity index (χ2v) is 4.62. The Bertz CT molecular complexity index is 475. The molecule has 3 nitrogen and oxygen atoms in total. The number of nitrogens with one attached hydrogen (secondary N) is 1. The summed E-state index contributed by atoms with van der Waals surface area (Å²) >= 11 is 0. The number of aryl methyl sites for hydroxylation is 1. The van der Waals surface area contributed by atoms with Crippen LogP contribution in [-0.4, -0.2) is 16.3 Å². The molecule has 0 radical (unpaired) electrons. The summed E-state index contributed by atoms with van der Waals surface area (Å²) in [5.41, 5.74) is 2.37. The molecule has 2 unspecified atom stereocenters. The number of aromatic nitrogens is 2. The standard InChI is InChI=1S/C15H21N3/c1-4-16-15(14-8-6-5-7-9-14)13(3)18-11-10-12(2)17-18/h5-11,13,15-16H,4H2,1-3H3. The molecule has 0 amide bonds. The first-order valence-electron chi connectivity index (χ1n) is 6.52. The van der Waals surface area contributed by atoms with E-state index in [1.54, 1.807) is 0 Å². The van der Waals surface area contributed by atoms with Gasteiger partial charge in [0.1, 0.15) is 0 Å². The maximum absolute atomic E-state index is 4.52. The third kappa shape index (κ3) is 2.79. The predicted octanol–water partition coefficient (Wildman–Crippen LogP) is 3.10. The van der Waals surface area contributed by atoms with Gasteiger partial charge in [-0.15, -0.1) is 0 Å². The minimum Gasteiger partial charge on any atom is -0.308 e. The first-order chi connectivity index (χ1) is 8.72. The second kappa shape index (κ2) is 5.83. The van der Waals surface area contributed by atoms with Crippen molar-refractivity contribution in [1.82, 2.24) is 15.1 Å². The van der Waals surface area contributed by atoms with E-state index in [9.17, 15) is 0 Å². The first-order valence-corrected chi connectivity index (χ1v) is 6.52. The van der Waals surface area contributed by atoms with Gasteiger partial charge in [-0.05, 0) is 32.0 Å². The Morgan fingerprint density at radius 3 is 2.50 bits per heavy atom. The van der Waals surface area contributed by atoms with Gasteiger partial charge in [0.05, 0.1) is 17.8 Å². The fourth-order valence-electron chi connectivity index (χ4n) is 2.26. The highest BCUT2D eigenvalue weighted by Crippen LogP contribution is 2.25. The monoisotopic (exact) mass is 243 g/mol. The number of hydrogen-bond acceptors (Lipinski definition) is 2. The average Bonchev–Trinajstić information content (AvgIpc) is 2.83. The van der Waals surface area contributed by atoms with E-state index in [-0.39, 0.29) is 6.04 Å². The van der Waals surface area contributed by atoms with Crippen molar-refractivity contribution in [3.63, 3.8) is 0 Å². The smallest absolute Gasteiger partial charge is 0.0685 e. The molecule has 18 heavy (non-hydrogen) atoms. The van der Waals surface area contributed by atoms with Crippen LogP contribution in [0.3, 0.4) is 0 Å². The normalized spacial score (nSPS) is 14.4.